The van der Waals surface area contributed by atoms with Gasteiger partial charge in [0.15, 0.2) is 0 Å². The molecular formula is C16H29NO. The molecule has 1 spiro atoms. The molecule has 1 aliphatic heterocycles. The minimum atomic E-state index is 0.303. The SMILES string of the molecule is C1CCC(NCC2CCC3(CCCCC3)O2)CC1. The van der Waals surface area contributed by atoms with Gasteiger partial charge in [0.2, 0.25) is 0 Å². The van der Waals surface area contributed by atoms with Crippen molar-refractivity contribution in [2.75, 3.05) is 6.54 Å². The molecule has 0 amide bonds. The highest BCUT2D eigenvalue weighted by molar-refractivity contribution is 4.92. The van der Waals surface area contributed by atoms with Crippen molar-refractivity contribution in [3.8, 4) is 0 Å². The van der Waals surface area contributed by atoms with Crippen LogP contribution in [0, 0.1) is 0 Å². The number of rotatable bonds is 3. The first-order valence-corrected chi connectivity index (χ1v) is 8.28. The fraction of sp³-hybridized carbons (Fsp3) is 1.00. The van der Waals surface area contributed by atoms with E-state index in [1.165, 1.54) is 77.0 Å². The smallest absolute Gasteiger partial charge is 0.0708 e. The minimum absolute atomic E-state index is 0.303. The van der Waals surface area contributed by atoms with Crippen LogP contribution in [-0.4, -0.2) is 24.3 Å². The largest absolute Gasteiger partial charge is 0.370 e. The van der Waals surface area contributed by atoms with Gasteiger partial charge in [0, 0.05) is 12.6 Å². The summed E-state index contributed by atoms with van der Waals surface area (Å²) in [7, 11) is 0. The molecule has 1 atom stereocenters. The third-order valence-electron chi connectivity index (χ3n) is 5.34. The fourth-order valence-corrected chi connectivity index (χ4v) is 4.21. The van der Waals surface area contributed by atoms with E-state index in [1.807, 2.05) is 0 Å². The summed E-state index contributed by atoms with van der Waals surface area (Å²) in [6, 6.07) is 0.783. The monoisotopic (exact) mass is 251 g/mol. The summed E-state index contributed by atoms with van der Waals surface area (Å²) in [5, 5.41) is 3.76. The zero-order chi connectivity index (χ0) is 12.3. The molecule has 3 aliphatic rings. The van der Waals surface area contributed by atoms with E-state index in [0.717, 1.165) is 12.6 Å². The lowest BCUT2D eigenvalue weighted by Gasteiger charge is -2.33. The average molecular weight is 251 g/mol. The van der Waals surface area contributed by atoms with Crippen molar-refractivity contribution in [1.29, 1.82) is 0 Å². The molecule has 1 unspecified atom stereocenters. The molecule has 0 aromatic carbocycles. The van der Waals surface area contributed by atoms with Gasteiger partial charge in [-0.1, -0.05) is 38.5 Å². The lowest BCUT2D eigenvalue weighted by Crippen LogP contribution is -2.39. The molecule has 2 nitrogen and oxygen atoms in total. The Kier molecular flexibility index (Phi) is 4.25. The second-order valence-corrected chi connectivity index (χ2v) is 6.77. The second kappa shape index (κ2) is 5.92. The van der Waals surface area contributed by atoms with Gasteiger partial charge in [-0.25, -0.2) is 0 Å². The summed E-state index contributed by atoms with van der Waals surface area (Å²) in [4.78, 5) is 0. The quantitative estimate of drug-likeness (QED) is 0.824. The maximum absolute atomic E-state index is 6.42. The van der Waals surface area contributed by atoms with Crippen LogP contribution >= 0.6 is 0 Å². The van der Waals surface area contributed by atoms with Gasteiger partial charge in [0.25, 0.3) is 0 Å². The van der Waals surface area contributed by atoms with Crippen LogP contribution in [0.4, 0.5) is 0 Å². The van der Waals surface area contributed by atoms with Crippen molar-refractivity contribution in [2.24, 2.45) is 0 Å². The molecule has 0 bridgehead atoms. The van der Waals surface area contributed by atoms with Gasteiger partial charge in [-0.05, 0) is 38.5 Å². The van der Waals surface area contributed by atoms with Crippen LogP contribution in [0.15, 0.2) is 0 Å². The van der Waals surface area contributed by atoms with E-state index in [2.05, 4.69) is 5.32 Å². The van der Waals surface area contributed by atoms with E-state index in [4.69, 9.17) is 4.74 Å². The van der Waals surface area contributed by atoms with E-state index >= 15 is 0 Å². The Morgan fingerprint density at radius 1 is 0.833 bits per heavy atom. The summed E-state index contributed by atoms with van der Waals surface area (Å²) < 4.78 is 6.42. The summed E-state index contributed by atoms with van der Waals surface area (Å²) in [5.41, 5.74) is 0.303. The Labute approximate surface area is 112 Å². The topological polar surface area (TPSA) is 21.3 Å². The number of hydrogen-bond acceptors (Lipinski definition) is 2. The highest BCUT2D eigenvalue weighted by Gasteiger charge is 2.40. The van der Waals surface area contributed by atoms with Crippen LogP contribution < -0.4 is 5.32 Å². The predicted octanol–water partition coefficient (Wildman–Crippen LogP) is 3.79. The number of ether oxygens (including phenoxy) is 1. The maximum atomic E-state index is 6.42. The van der Waals surface area contributed by atoms with Crippen molar-refractivity contribution in [3.63, 3.8) is 0 Å². The van der Waals surface area contributed by atoms with Gasteiger partial charge in [-0.15, -0.1) is 0 Å². The number of nitrogens with one attached hydrogen (secondary N) is 1. The van der Waals surface area contributed by atoms with Crippen LogP contribution in [0.2, 0.25) is 0 Å². The second-order valence-electron chi connectivity index (χ2n) is 6.77. The molecule has 0 radical (unpaired) electrons. The van der Waals surface area contributed by atoms with Crippen molar-refractivity contribution in [3.05, 3.63) is 0 Å². The molecule has 1 N–H and O–H groups in total. The van der Waals surface area contributed by atoms with Gasteiger partial charge in [0.05, 0.1) is 11.7 Å². The molecule has 2 aliphatic carbocycles. The first-order valence-electron chi connectivity index (χ1n) is 8.28. The molecular weight excluding hydrogens is 222 g/mol. The molecule has 0 aromatic rings. The Hall–Kier alpha value is -0.0800. The highest BCUT2D eigenvalue weighted by Crippen LogP contribution is 2.41. The third-order valence-corrected chi connectivity index (χ3v) is 5.34. The molecule has 3 rings (SSSR count). The molecule has 2 heteroatoms. The first-order chi connectivity index (χ1) is 8.86. The standard InChI is InChI=1S/C16H29NO/c1-3-7-14(8-4-1)17-13-15-9-12-16(18-15)10-5-2-6-11-16/h14-15,17H,1-13H2. The molecule has 18 heavy (non-hydrogen) atoms. The first kappa shape index (κ1) is 12.9. The third kappa shape index (κ3) is 3.08. The molecule has 0 aromatic heterocycles. The molecule has 2 saturated carbocycles. The van der Waals surface area contributed by atoms with E-state index in [1.54, 1.807) is 0 Å². The Morgan fingerprint density at radius 2 is 1.56 bits per heavy atom. The predicted molar refractivity (Wildman–Crippen MR) is 74.8 cm³/mol. The van der Waals surface area contributed by atoms with Crippen molar-refractivity contribution in [2.45, 2.75) is 94.8 Å². The normalized spacial score (nSPS) is 33.0. The Morgan fingerprint density at radius 3 is 2.33 bits per heavy atom. The van der Waals surface area contributed by atoms with Crippen LogP contribution in [0.25, 0.3) is 0 Å². The maximum Gasteiger partial charge on any atom is 0.0708 e. The fourth-order valence-electron chi connectivity index (χ4n) is 4.21. The lowest BCUT2D eigenvalue weighted by atomic mass is 9.83. The lowest BCUT2D eigenvalue weighted by molar-refractivity contribution is -0.0631. The summed E-state index contributed by atoms with van der Waals surface area (Å²) in [5.74, 6) is 0. The van der Waals surface area contributed by atoms with Crippen LogP contribution in [0.5, 0.6) is 0 Å². The Balaban J connectivity index is 1.41. The average Bonchev–Trinajstić information content (AvgIpc) is 2.82. The van der Waals surface area contributed by atoms with Crippen LogP contribution in [0.3, 0.4) is 0 Å². The summed E-state index contributed by atoms with van der Waals surface area (Å²) in [6.07, 6.45) is 17.0. The summed E-state index contributed by atoms with van der Waals surface area (Å²) >= 11 is 0. The van der Waals surface area contributed by atoms with Crippen molar-refractivity contribution < 1.29 is 4.74 Å². The van der Waals surface area contributed by atoms with Crippen molar-refractivity contribution >= 4 is 0 Å². The van der Waals surface area contributed by atoms with Gasteiger partial charge in [-0.3, -0.25) is 0 Å². The van der Waals surface area contributed by atoms with Gasteiger partial charge >= 0.3 is 0 Å². The molecule has 1 heterocycles. The Bertz CT molecular complexity index is 254. The number of hydrogen-bond donors (Lipinski definition) is 1. The molecule has 104 valence electrons. The van der Waals surface area contributed by atoms with E-state index < -0.39 is 0 Å². The zero-order valence-electron chi connectivity index (χ0n) is 11.8. The van der Waals surface area contributed by atoms with Gasteiger partial charge < -0.3 is 10.1 Å². The van der Waals surface area contributed by atoms with Gasteiger partial charge in [-0.2, -0.15) is 0 Å². The summed E-state index contributed by atoms with van der Waals surface area (Å²) in [6.45, 7) is 1.10. The molecule has 3 fully saturated rings. The van der Waals surface area contributed by atoms with Crippen LogP contribution in [0.1, 0.15) is 77.0 Å². The highest BCUT2D eigenvalue weighted by atomic mass is 16.5. The molecule has 1 saturated heterocycles. The zero-order valence-corrected chi connectivity index (χ0v) is 11.8. The van der Waals surface area contributed by atoms with E-state index in [0.29, 0.717) is 11.7 Å². The van der Waals surface area contributed by atoms with E-state index in [-0.39, 0.29) is 0 Å². The van der Waals surface area contributed by atoms with Crippen LogP contribution in [-0.2, 0) is 4.74 Å². The van der Waals surface area contributed by atoms with E-state index in [9.17, 15) is 0 Å². The van der Waals surface area contributed by atoms with Gasteiger partial charge in [0.1, 0.15) is 0 Å². The van der Waals surface area contributed by atoms with Crippen molar-refractivity contribution in [1.82, 2.24) is 5.32 Å². The minimum Gasteiger partial charge on any atom is -0.370 e.